The molecule has 19 heavy (non-hydrogen) atoms. The second-order valence-electron chi connectivity index (χ2n) is 6.91. The molecule has 110 valence electrons. The Morgan fingerprint density at radius 2 is 1.47 bits per heavy atom. The molecule has 1 nitrogen and oxygen atoms in total. The van der Waals surface area contributed by atoms with Crippen LogP contribution in [0.2, 0.25) is 0 Å². The first kappa shape index (κ1) is 15.1. The van der Waals surface area contributed by atoms with Crippen LogP contribution in [0, 0.1) is 23.7 Å². The van der Waals surface area contributed by atoms with Crippen LogP contribution in [0.15, 0.2) is 12.2 Å². The fraction of sp³-hybridized carbons (Fsp3) is 0.889. The molecule has 0 radical (unpaired) electrons. The van der Waals surface area contributed by atoms with Crippen molar-refractivity contribution in [2.75, 3.05) is 13.2 Å². The molecular weight excluding hydrogens is 232 g/mol. The highest BCUT2D eigenvalue weighted by atomic mass is 16.5. The minimum atomic E-state index is 0.803. The molecule has 2 aliphatic carbocycles. The quantitative estimate of drug-likeness (QED) is 0.489. The van der Waals surface area contributed by atoms with E-state index in [0.717, 1.165) is 36.9 Å². The van der Waals surface area contributed by atoms with Crippen molar-refractivity contribution in [3.05, 3.63) is 12.2 Å². The van der Waals surface area contributed by atoms with E-state index in [0.29, 0.717) is 0 Å². The highest BCUT2D eigenvalue weighted by Crippen LogP contribution is 2.41. The van der Waals surface area contributed by atoms with Crippen molar-refractivity contribution in [2.45, 2.75) is 65.2 Å². The fourth-order valence-electron chi connectivity index (χ4n) is 3.98. The van der Waals surface area contributed by atoms with Gasteiger partial charge in [-0.3, -0.25) is 0 Å². The molecule has 0 saturated heterocycles. The third-order valence-corrected chi connectivity index (χ3v) is 5.42. The van der Waals surface area contributed by atoms with Crippen molar-refractivity contribution in [3.63, 3.8) is 0 Å². The van der Waals surface area contributed by atoms with Gasteiger partial charge in [-0.25, -0.2) is 0 Å². The maximum Gasteiger partial charge on any atom is 0.0647 e. The average Bonchev–Trinajstić information content (AvgIpc) is 2.45. The summed E-state index contributed by atoms with van der Waals surface area (Å²) in [6, 6.07) is 0. The van der Waals surface area contributed by atoms with Crippen LogP contribution in [0.25, 0.3) is 0 Å². The molecular formula is C18H32O. The molecule has 0 heterocycles. The van der Waals surface area contributed by atoms with Gasteiger partial charge in [0.25, 0.3) is 0 Å². The van der Waals surface area contributed by atoms with Gasteiger partial charge in [-0.15, -0.1) is 0 Å². The molecule has 0 spiro atoms. The molecule has 2 fully saturated rings. The predicted molar refractivity (Wildman–Crippen MR) is 82.2 cm³/mol. The van der Waals surface area contributed by atoms with Crippen LogP contribution >= 0.6 is 0 Å². The first-order chi connectivity index (χ1) is 9.29. The van der Waals surface area contributed by atoms with Gasteiger partial charge in [-0.2, -0.15) is 0 Å². The second-order valence-corrected chi connectivity index (χ2v) is 6.91. The van der Waals surface area contributed by atoms with Crippen molar-refractivity contribution in [1.29, 1.82) is 0 Å². The van der Waals surface area contributed by atoms with E-state index in [1.807, 2.05) is 0 Å². The smallest absolute Gasteiger partial charge is 0.0647 e. The number of rotatable bonds is 5. The zero-order chi connectivity index (χ0) is 13.5. The predicted octanol–water partition coefficient (Wildman–Crippen LogP) is 5.21. The lowest BCUT2D eigenvalue weighted by molar-refractivity contribution is 0.0791. The van der Waals surface area contributed by atoms with E-state index < -0.39 is 0 Å². The zero-order valence-corrected chi connectivity index (χ0v) is 12.9. The van der Waals surface area contributed by atoms with E-state index >= 15 is 0 Å². The lowest BCUT2D eigenvalue weighted by Gasteiger charge is -2.37. The SMILES string of the molecule is CC=CCOCC1CCC(C2CCC(C)CC2)CC1. The summed E-state index contributed by atoms with van der Waals surface area (Å²) in [6.07, 6.45) is 15.9. The van der Waals surface area contributed by atoms with E-state index in [4.69, 9.17) is 4.74 Å². The fourth-order valence-corrected chi connectivity index (χ4v) is 3.98. The Kier molecular flexibility index (Phi) is 6.43. The minimum Gasteiger partial charge on any atom is -0.377 e. The summed E-state index contributed by atoms with van der Waals surface area (Å²) < 4.78 is 5.72. The van der Waals surface area contributed by atoms with Gasteiger partial charge in [0.2, 0.25) is 0 Å². The minimum absolute atomic E-state index is 0.803. The molecule has 2 rings (SSSR count). The van der Waals surface area contributed by atoms with Crippen LogP contribution in [0.5, 0.6) is 0 Å². The normalized spacial score (nSPS) is 36.7. The Balaban J connectivity index is 1.62. The molecule has 0 N–H and O–H groups in total. The summed E-state index contributed by atoms with van der Waals surface area (Å²) in [5.74, 6) is 3.93. The topological polar surface area (TPSA) is 9.23 Å². The summed E-state index contributed by atoms with van der Waals surface area (Å²) in [4.78, 5) is 0. The Bertz CT molecular complexity index is 255. The largest absolute Gasteiger partial charge is 0.377 e. The van der Waals surface area contributed by atoms with Crippen LogP contribution in [-0.4, -0.2) is 13.2 Å². The van der Waals surface area contributed by atoms with E-state index in [2.05, 4.69) is 26.0 Å². The van der Waals surface area contributed by atoms with Crippen LogP contribution in [0.1, 0.15) is 65.2 Å². The molecule has 0 bridgehead atoms. The van der Waals surface area contributed by atoms with Gasteiger partial charge in [0.05, 0.1) is 6.61 Å². The Hall–Kier alpha value is -0.300. The molecule has 0 aromatic carbocycles. The molecule has 2 saturated carbocycles. The molecule has 0 atom stereocenters. The zero-order valence-electron chi connectivity index (χ0n) is 12.9. The van der Waals surface area contributed by atoms with Gasteiger partial charge >= 0.3 is 0 Å². The van der Waals surface area contributed by atoms with E-state index in [1.54, 1.807) is 0 Å². The summed E-state index contributed by atoms with van der Waals surface area (Å²) >= 11 is 0. The molecule has 1 heteroatoms. The Morgan fingerprint density at radius 3 is 2.05 bits per heavy atom. The van der Waals surface area contributed by atoms with Gasteiger partial charge in [-0.05, 0) is 69.1 Å². The molecule has 0 amide bonds. The van der Waals surface area contributed by atoms with Gasteiger partial charge in [0.15, 0.2) is 0 Å². The summed E-state index contributed by atoms with van der Waals surface area (Å²) in [5, 5.41) is 0. The highest BCUT2D eigenvalue weighted by molar-refractivity contribution is 4.81. The van der Waals surface area contributed by atoms with Crippen molar-refractivity contribution in [1.82, 2.24) is 0 Å². The summed E-state index contributed by atoms with van der Waals surface area (Å²) in [6.45, 7) is 6.27. The molecule has 0 aromatic rings. The average molecular weight is 264 g/mol. The maximum atomic E-state index is 5.72. The van der Waals surface area contributed by atoms with E-state index in [1.165, 1.54) is 51.4 Å². The molecule has 2 aliphatic rings. The van der Waals surface area contributed by atoms with Crippen LogP contribution in [0.3, 0.4) is 0 Å². The van der Waals surface area contributed by atoms with Gasteiger partial charge in [-0.1, -0.05) is 31.9 Å². The van der Waals surface area contributed by atoms with Crippen LogP contribution < -0.4 is 0 Å². The van der Waals surface area contributed by atoms with Gasteiger partial charge in [0, 0.05) is 6.61 Å². The maximum absolute atomic E-state index is 5.72. The summed E-state index contributed by atoms with van der Waals surface area (Å²) in [5.41, 5.74) is 0. The number of hydrogen-bond donors (Lipinski definition) is 0. The van der Waals surface area contributed by atoms with Crippen molar-refractivity contribution in [2.24, 2.45) is 23.7 Å². The molecule has 0 unspecified atom stereocenters. The second kappa shape index (κ2) is 8.09. The number of ether oxygens (including phenoxy) is 1. The van der Waals surface area contributed by atoms with Gasteiger partial charge in [0.1, 0.15) is 0 Å². The molecule has 0 aromatic heterocycles. The Labute approximate surface area is 119 Å². The monoisotopic (exact) mass is 264 g/mol. The lowest BCUT2D eigenvalue weighted by atomic mass is 9.69. The third kappa shape index (κ3) is 4.95. The van der Waals surface area contributed by atoms with Crippen molar-refractivity contribution < 1.29 is 4.74 Å². The first-order valence-electron chi connectivity index (χ1n) is 8.48. The first-order valence-corrected chi connectivity index (χ1v) is 8.48. The van der Waals surface area contributed by atoms with E-state index in [-0.39, 0.29) is 0 Å². The highest BCUT2D eigenvalue weighted by Gasteiger charge is 2.29. The Morgan fingerprint density at radius 1 is 0.895 bits per heavy atom. The number of hydrogen-bond acceptors (Lipinski definition) is 1. The van der Waals surface area contributed by atoms with E-state index in [9.17, 15) is 0 Å². The van der Waals surface area contributed by atoms with Crippen LogP contribution in [-0.2, 0) is 4.74 Å². The molecule has 0 aliphatic heterocycles. The standard InChI is InChI=1S/C18H32O/c1-3-4-13-19-14-16-7-11-18(12-8-16)17-9-5-15(2)6-10-17/h3-4,15-18H,5-14H2,1-2H3. The lowest BCUT2D eigenvalue weighted by Crippen LogP contribution is -2.26. The van der Waals surface area contributed by atoms with Gasteiger partial charge < -0.3 is 4.74 Å². The number of allylic oxidation sites excluding steroid dienone is 1. The third-order valence-electron chi connectivity index (χ3n) is 5.42. The van der Waals surface area contributed by atoms with Crippen LogP contribution in [0.4, 0.5) is 0 Å². The van der Waals surface area contributed by atoms with Crippen molar-refractivity contribution >= 4 is 0 Å². The summed E-state index contributed by atoms with van der Waals surface area (Å²) in [7, 11) is 0. The van der Waals surface area contributed by atoms with Crippen molar-refractivity contribution in [3.8, 4) is 0 Å².